The van der Waals surface area contributed by atoms with Gasteiger partial charge >= 0.3 is 0 Å². The molecule has 6 nitrogen and oxygen atoms in total. The molecule has 0 radical (unpaired) electrons. The zero-order valence-corrected chi connectivity index (χ0v) is 9.34. The average Bonchev–Trinajstić information content (AvgIpc) is 2.98. The molecule has 0 aliphatic carbocycles. The summed E-state index contributed by atoms with van der Waals surface area (Å²) >= 11 is 0. The van der Waals surface area contributed by atoms with Gasteiger partial charge in [0.25, 0.3) is 5.71 Å². The predicted octanol–water partition coefficient (Wildman–Crippen LogP) is 1.15. The maximum Gasteiger partial charge on any atom is 0.259 e. The Morgan fingerprint density at radius 3 is 2.94 bits per heavy atom. The van der Waals surface area contributed by atoms with E-state index in [0.717, 1.165) is 0 Å². The Labute approximate surface area is 101 Å². The molecule has 0 saturated carbocycles. The van der Waals surface area contributed by atoms with E-state index >= 15 is 0 Å². The lowest BCUT2D eigenvalue weighted by atomic mass is 10.1. The molecule has 0 unspecified atom stereocenters. The summed E-state index contributed by atoms with van der Waals surface area (Å²) in [6.07, 6.45) is 1.48. The molecule has 3 aromatic heterocycles. The van der Waals surface area contributed by atoms with Crippen molar-refractivity contribution >= 4 is 17.1 Å². The van der Waals surface area contributed by atoms with Gasteiger partial charge < -0.3 is 18.8 Å². The van der Waals surface area contributed by atoms with Gasteiger partial charge in [-0.2, -0.15) is 0 Å². The molecule has 0 saturated heterocycles. The van der Waals surface area contributed by atoms with Gasteiger partial charge in [-0.15, -0.1) is 0 Å². The number of rotatable bonds is 2. The van der Waals surface area contributed by atoms with Crippen LogP contribution in [0.1, 0.15) is 16.1 Å². The van der Waals surface area contributed by atoms with Crippen molar-refractivity contribution in [3.63, 3.8) is 0 Å². The maximum absolute atomic E-state index is 11.1. The number of carboxylic acids is 1. The summed E-state index contributed by atoms with van der Waals surface area (Å²) in [7, 11) is 0. The first kappa shape index (κ1) is 10.5. The third-order valence-electron chi connectivity index (χ3n) is 2.61. The van der Waals surface area contributed by atoms with Crippen molar-refractivity contribution < 1.29 is 18.8 Å². The SMILES string of the molecule is Cc1noc2nc(-c3ccco3)cc(C(=O)[O-])c12. The quantitative estimate of drug-likeness (QED) is 0.670. The molecule has 0 N–H and O–H groups in total. The number of nitrogens with zero attached hydrogens (tertiary/aromatic N) is 2. The van der Waals surface area contributed by atoms with E-state index in [0.29, 0.717) is 22.5 Å². The van der Waals surface area contributed by atoms with E-state index in [1.54, 1.807) is 19.1 Å². The molecule has 0 aliphatic rings. The number of hydrogen-bond donors (Lipinski definition) is 0. The van der Waals surface area contributed by atoms with Gasteiger partial charge in [-0.3, -0.25) is 0 Å². The Balaban J connectivity index is 2.34. The molecule has 3 aromatic rings. The van der Waals surface area contributed by atoms with Crippen LogP contribution in [0.3, 0.4) is 0 Å². The van der Waals surface area contributed by atoms with Crippen molar-refractivity contribution in [3.8, 4) is 11.5 Å². The van der Waals surface area contributed by atoms with Gasteiger partial charge in [0.15, 0.2) is 5.76 Å². The molecule has 0 aromatic carbocycles. The average molecular weight is 243 g/mol. The van der Waals surface area contributed by atoms with Gasteiger partial charge in [-0.05, 0) is 25.1 Å². The molecule has 0 bridgehead atoms. The molecular formula is C12H7N2O4-. The van der Waals surface area contributed by atoms with Crippen LogP contribution in [0.25, 0.3) is 22.6 Å². The summed E-state index contributed by atoms with van der Waals surface area (Å²) in [6, 6.07) is 4.75. The van der Waals surface area contributed by atoms with Gasteiger partial charge in [-0.1, -0.05) is 5.16 Å². The molecule has 3 heterocycles. The monoisotopic (exact) mass is 243 g/mol. The molecule has 0 atom stereocenters. The smallest absolute Gasteiger partial charge is 0.259 e. The lowest BCUT2D eigenvalue weighted by molar-refractivity contribution is -0.254. The van der Waals surface area contributed by atoms with Crippen LogP contribution < -0.4 is 5.11 Å². The number of aryl methyl sites for hydroxylation is 1. The van der Waals surface area contributed by atoms with Crippen molar-refractivity contribution in [2.24, 2.45) is 0 Å². The fourth-order valence-electron chi connectivity index (χ4n) is 1.81. The van der Waals surface area contributed by atoms with Crippen molar-refractivity contribution in [2.45, 2.75) is 6.92 Å². The number of hydrogen-bond acceptors (Lipinski definition) is 6. The standard InChI is InChI=1S/C12H8N2O4/c1-6-10-7(12(15)16)5-8(9-3-2-4-17-9)13-11(10)18-14-6/h2-5H,1H3,(H,15,16)/p-1. The van der Waals surface area contributed by atoms with Gasteiger partial charge in [0.1, 0.15) is 5.69 Å². The van der Waals surface area contributed by atoms with E-state index in [-0.39, 0.29) is 11.3 Å². The van der Waals surface area contributed by atoms with E-state index in [2.05, 4.69) is 10.1 Å². The van der Waals surface area contributed by atoms with Crippen molar-refractivity contribution in [3.05, 3.63) is 35.7 Å². The Morgan fingerprint density at radius 1 is 1.44 bits per heavy atom. The summed E-state index contributed by atoms with van der Waals surface area (Å²) in [5.41, 5.74) is 0.969. The number of pyridine rings is 1. The Bertz CT molecular complexity index is 728. The van der Waals surface area contributed by atoms with Crippen LogP contribution in [0.5, 0.6) is 0 Å². The van der Waals surface area contributed by atoms with Crippen LogP contribution in [0.15, 0.2) is 33.4 Å². The highest BCUT2D eigenvalue weighted by Gasteiger charge is 2.15. The molecule has 0 spiro atoms. The van der Waals surface area contributed by atoms with E-state index in [1.165, 1.54) is 12.3 Å². The number of carbonyl (C=O) groups is 1. The first-order chi connectivity index (χ1) is 8.66. The zero-order chi connectivity index (χ0) is 12.7. The third-order valence-corrected chi connectivity index (χ3v) is 2.61. The first-order valence-corrected chi connectivity index (χ1v) is 5.19. The second kappa shape index (κ2) is 3.69. The summed E-state index contributed by atoms with van der Waals surface area (Å²) in [5.74, 6) is -0.852. The fraction of sp³-hybridized carbons (Fsp3) is 0.0833. The summed E-state index contributed by atoms with van der Waals surface area (Å²) in [5, 5.41) is 15.2. The molecular weight excluding hydrogens is 236 g/mol. The number of carboxylic acid groups (broad SMARTS) is 1. The number of aromatic nitrogens is 2. The van der Waals surface area contributed by atoms with Crippen LogP contribution >= 0.6 is 0 Å². The minimum absolute atomic E-state index is 0.00912. The van der Waals surface area contributed by atoms with E-state index < -0.39 is 5.97 Å². The Morgan fingerprint density at radius 2 is 2.28 bits per heavy atom. The van der Waals surface area contributed by atoms with Gasteiger partial charge in [0, 0.05) is 5.56 Å². The van der Waals surface area contributed by atoms with Crippen LogP contribution in [0, 0.1) is 6.92 Å². The van der Waals surface area contributed by atoms with Crippen LogP contribution in [0.2, 0.25) is 0 Å². The van der Waals surface area contributed by atoms with Crippen LogP contribution in [-0.4, -0.2) is 16.1 Å². The lowest BCUT2D eigenvalue weighted by Gasteiger charge is -2.05. The van der Waals surface area contributed by atoms with Crippen LogP contribution in [-0.2, 0) is 0 Å². The third kappa shape index (κ3) is 1.46. The van der Waals surface area contributed by atoms with E-state index in [1.807, 2.05) is 0 Å². The van der Waals surface area contributed by atoms with Crippen molar-refractivity contribution in [1.82, 2.24) is 10.1 Å². The summed E-state index contributed by atoms with van der Waals surface area (Å²) < 4.78 is 10.2. The zero-order valence-electron chi connectivity index (χ0n) is 9.34. The summed E-state index contributed by atoms with van der Waals surface area (Å²) in [6.45, 7) is 1.65. The highest BCUT2D eigenvalue weighted by molar-refractivity contribution is 6.02. The Kier molecular flexibility index (Phi) is 2.16. The van der Waals surface area contributed by atoms with E-state index in [9.17, 15) is 9.90 Å². The van der Waals surface area contributed by atoms with Gasteiger partial charge in [-0.25, -0.2) is 4.98 Å². The lowest BCUT2D eigenvalue weighted by Crippen LogP contribution is -2.22. The fourth-order valence-corrected chi connectivity index (χ4v) is 1.81. The van der Waals surface area contributed by atoms with E-state index in [4.69, 9.17) is 8.94 Å². The highest BCUT2D eigenvalue weighted by atomic mass is 16.5. The number of fused-ring (bicyclic) bond motifs is 1. The van der Waals surface area contributed by atoms with Crippen molar-refractivity contribution in [2.75, 3.05) is 0 Å². The molecule has 6 heteroatoms. The predicted molar refractivity (Wildman–Crippen MR) is 58.6 cm³/mol. The number of furan rings is 1. The normalized spacial score (nSPS) is 10.9. The Hall–Kier alpha value is -2.63. The molecule has 18 heavy (non-hydrogen) atoms. The maximum atomic E-state index is 11.1. The molecule has 3 rings (SSSR count). The number of carbonyl (C=O) groups excluding carboxylic acids is 1. The second-order valence-corrected chi connectivity index (χ2v) is 3.77. The topological polar surface area (TPSA) is 92.2 Å². The molecule has 0 amide bonds. The first-order valence-electron chi connectivity index (χ1n) is 5.19. The number of aromatic carboxylic acids is 1. The minimum atomic E-state index is -1.30. The summed E-state index contributed by atoms with van der Waals surface area (Å²) in [4.78, 5) is 15.3. The van der Waals surface area contributed by atoms with Gasteiger partial charge in [0.05, 0.1) is 23.3 Å². The second-order valence-electron chi connectivity index (χ2n) is 3.77. The molecule has 0 aliphatic heterocycles. The van der Waals surface area contributed by atoms with Crippen LogP contribution in [0.4, 0.5) is 0 Å². The van der Waals surface area contributed by atoms with Gasteiger partial charge in [0.2, 0.25) is 0 Å². The largest absolute Gasteiger partial charge is 0.545 e. The van der Waals surface area contributed by atoms with Crippen molar-refractivity contribution in [1.29, 1.82) is 0 Å². The minimum Gasteiger partial charge on any atom is -0.545 e. The molecule has 90 valence electrons. The molecule has 0 fully saturated rings. The highest BCUT2D eigenvalue weighted by Crippen LogP contribution is 2.26.